The summed E-state index contributed by atoms with van der Waals surface area (Å²) in [5.41, 5.74) is -0.299. The van der Waals surface area contributed by atoms with Crippen LogP contribution in [0, 0.1) is 0 Å². The van der Waals surface area contributed by atoms with Crippen LogP contribution in [0.4, 0.5) is 0 Å². The van der Waals surface area contributed by atoms with Gasteiger partial charge >= 0.3 is 0 Å². The highest BCUT2D eigenvalue weighted by atomic mass is 16.5. The van der Waals surface area contributed by atoms with Crippen LogP contribution in [-0.2, 0) is 9.59 Å². The number of rotatable bonds is 6. The molecule has 1 aromatic heterocycles. The summed E-state index contributed by atoms with van der Waals surface area (Å²) in [5, 5.41) is 6.80. The minimum atomic E-state index is -1.07. The Morgan fingerprint density at radius 3 is 2.80 bits per heavy atom. The first-order chi connectivity index (χ1) is 14.4. The molecule has 0 saturated carbocycles. The molecule has 2 atom stereocenters. The molecule has 30 heavy (non-hydrogen) atoms. The zero-order valence-electron chi connectivity index (χ0n) is 16.8. The topological polar surface area (TPSA) is 110 Å². The maximum Gasteiger partial charge on any atom is 0.274 e. The number of nitrogens with one attached hydrogen (secondary N) is 1. The van der Waals surface area contributed by atoms with Crippen molar-refractivity contribution in [3.05, 3.63) is 54.6 Å². The van der Waals surface area contributed by atoms with E-state index in [9.17, 15) is 9.59 Å². The van der Waals surface area contributed by atoms with Crippen molar-refractivity contribution in [1.29, 1.82) is 0 Å². The SMILES string of the molecule is COc1ccc(-c2noc([C@H](C)NC(=O)CC3(C)C(=O)N=C4C=CC=CN43)n2)cc1. The van der Waals surface area contributed by atoms with E-state index in [4.69, 9.17) is 9.26 Å². The van der Waals surface area contributed by atoms with Crippen LogP contribution < -0.4 is 10.1 Å². The molecule has 1 N–H and O–H groups in total. The summed E-state index contributed by atoms with van der Waals surface area (Å²) in [4.78, 5) is 35.2. The molecule has 2 amide bonds. The first-order valence-corrected chi connectivity index (χ1v) is 9.45. The molecule has 2 aliphatic rings. The summed E-state index contributed by atoms with van der Waals surface area (Å²) in [6, 6.07) is 6.73. The van der Waals surface area contributed by atoms with Crippen LogP contribution in [0.3, 0.4) is 0 Å². The maximum absolute atomic E-state index is 12.7. The number of ether oxygens (including phenoxy) is 1. The molecule has 0 spiro atoms. The summed E-state index contributed by atoms with van der Waals surface area (Å²) in [5.74, 6) is 1.28. The van der Waals surface area contributed by atoms with E-state index in [0.29, 0.717) is 11.7 Å². The Hall–Kier alpha value is -3.75. The van der Waals surface area contributed by atoms with Crippen molar-refractivity contribution in [3.63, 3.8) is 0 Å². The number of benzene rings is 1. The van der Waals surface area contributed by atoms with Gasteiger partial charge in [-0.25, -0.2) is 0 Å². The van der Waals surface area contributed by atoms with E-state index in [0.717, 1.165) is 11.3 Å². The molecule has 0 saturated heterocycles. The number of hydrogen-bond donors (Lipinski definition) is 1. The van der Waals surface area contributed by atoms with Crippen LogP contribution in [0.1, 0.15) is 32.2 Å². The van der Waals surface area contributed by atoms with Crippen molar-refractivity contribution in [2.45, 2.75) is 31.8 Å². The van der Waals surface area contributed by atoms with Crippen molar-refractivity contribution in [2.24, 2.45) is 4.99 Å². The van der Waals surface area contributed by atoms with E-state index in [1.807, 2.05) is 12.1 Å². The molecule has 9 heteroatoms. The predicted molar refractivity (Wildman–Crippen MR) is 108 cm³/mol. The smallest absolute Gasteiger partial charge is 0.274 e. The lowest BCUT2D eigenvalue weighted by Gasteiger charge is -2.32. The molecule has 2 aromatic rings. The van der Waals surface area contributed by atoms with Crippen molar-refractivity contribution in [3.8, 4) is 17.1 Å². The Morgan fingerprint density at radius 1 is 1.30 bits per heavy atom. The molecule has 154 valence electrons. The highest BCUT2D eigenvalue weighted by Crippen LogP contribution is 2.30. The van der Waals surface area contributed by atoms with Crippen LogP contribution in [0.25, 0.3) is 11.4 Å². The van der Waals surface area contributed by atoms with Gasteiger partial charge in [0, 0.05) is 11.8 Å². The second kappa shape index (κ2) is 7.58. The fourth-order valence-electron chi connectivity index (χ4n) is 3.37. The van der Waals surface area contributed by atoms with Gasteiger partial charge in [0.05, 0.1) is 13.5 Å². The van der Waals surface area contributed by atoms with E-state index < -0.39 is 11.6 Å². The third-order valence-corrected chi connectivity index (χ3v) is 5.09. The lowest BCUT2D eigenvalue weighted by atomic mass is 9.95. The third kappa shape index (κ3) is 3.49. The summed E-state index contributed by atoms with van der Waals surface area (Å²) < 4.78 is 10.5. The quantitative estimate of drug-likeness (QED) is 0.783. The molecule has 9 nitrogen and oxygen atoms in total. The van der Waals surface area contributed by atoms with Crippen LogP contribution in [0.2, 0.25) is 0 Å². The maximum atomic E-state index is 12.7. The number of fused-ring (bicyclic) bond motifs is 1. The minimum Gasteiger partial charge on any atom is -0.497 e. The number of carbonyl (C=O) groups is 2. The number of carbonyl (C=O) groups excluding carboxylic acids is 2. The number of aromatic nitrogens is 2. The standard InChI is InChI=1S/C21H21N5O4/c1-13(19-24-18(25-30-19)14-7-9-15(29-3)10-8-14)22-17(27)12-21(2)20(28)23-16-6-4-5-11-26(16)21/h4-11,13H,12H2,1-3H3,(H,22,27)/t13-,21?/m0/s1. The summed E-state index contributed by atoms with van der Waals surface area (Å²) >= 11 is 0. The molecule has 1 unspecified atom stereocenters. The van der Waals surface area contributed by atoms with Gasteiger partial charge in [-0.05, 0) is 50.3 Å². The molecule has 0 radical (unpaired) electrons. The zero-order chi connectivity index (χ0) is 21.3. The number of hydrogen-bond acceptors (Lipinski definition) is 7. The van der Waals surface area contributed by atoms with Gasteiger partial charge in [0.1, 0.15) is 23.2 Å². The Balaban J connectivity index is 1.42. The molecule has 4 rings (SSSR count). The highest BCUT2D eigenvalue weighted by Gasteiger charge is 2.47. The van der Waals surface area contributed by atoms with Crippen LogP contribution in [0.5, 0.6) is 5.75 Å². The first-order valence-electron chi connectivity index (χ1n) is 9.45. The Morgan fingerprint density at radius 2 is 2.07 bits per heavy atom. The average Bonchev–Trinajstić information content (AvgIpc) is 3.32. The number of nitrogens with zero attached hydrogens (tertiary/aromatic N) is 4. The van der Waals surface area contributed by atoms with E-state index in [1.165, 1.54) is 0 Å². The Labute approximate surface area is 173 Å². The monoisotopic (exact) mass is 407 g/mol. The van der Waals surface area contributed by atoms with Gasteiger partial charge in [0.15, 0.2) is 0 Å². The van der Waals surface area contributed by atoms with Crippen molar-refractivity contribution >= 4 is 17.6 Å². The van der Waals surface area contributed by atoms with Crippen molar-refractivity contribution < 1.29 is 18.8 Å². The molecule has 0 bridgehead atoms. The van der Waals surface area contributed by atoms with E-state index in [-0.39, 0.29) is 24.1 Å². The largest absolute Gasteiger partial charge is 0.497 e. The van der Waals surface area contributed by atoms with Crippen molar-refractivity contribution in [2.75, 3.05) is 7.11 Å². The van der Waals surface area contributed by atoms with Gasteiger partial charge in [-0.3, -0.25) is 9.59 Å². The normalized spacial score (nSPS) is 20.7. The predicted octanol–water partition coefficient (Wildman–Crippen LogP) is 2.40. The van der Waals surface area contributed by atoms with Gasteiger partial charge in [0.2, 0.25) is 17.6 Å². The second-order valence-corrected chi connectivity index (χ2v) is 7.27. The molecule has 0 aliphatic carbocycles. The van der Waals surface area contributed by atoms with Gasteiger partial charge in [-0.15, -0.1) is 0 Å². The number of aliphatic imine (C=N–C) groups is 1. The highest BCUT2D eigenvalue weighted by molar-refractivity contribution is 6.13. The van der Waals surface area contributed by atoms with Crippen LogP contribution in [-0.4, -0.2) is 45.3 Å². The van der Waals surface area contributed by atoms with Gasteiger partial charge in [0.25, 0.3) is 5.91 Å². The average molecular weight is 407 g/mol. The van der Waals surface area contributed by atoms with Gasteiger partial charge < -0.3 is 19.5 Å². The summed E-state index contributed by atoms with van der Waals surface area (Å²) in [6.45, 7) is 3.45. The van der Waals surface area contributed by atoms with Crippen LogP contribution >= 0.6 is 0 Å². The molecular weight excluding hydrogens is 386 g/mol. The number of allylic oxidation sites excluding steroid dienone is 2. The van der Waals surface area contributed by atoms with Gasteiger partial charge in [-0.1, -0.05) is 11.2 Å². The number of methoxy groups -OCH3 is 1. The third-order valence-electron chi connectivity index (χ3n) is 5.09. The zero-order valence-corrected chi connectivity index (χ0v) is 16.8. The molecular formula is C21H21N5O4. The van der Waals surface area contributed by atoms with E-state index in [1.54, 1.807) is 62.4 Å². The lowest BCUT2D eigenvalue weighted by molar-refractivity contribution is -0.131. The molecule has 3 heterocycles. The summed E-state index contributed by atoms with van der Waals surface area (Å²) in [6.07, 6.45) is 7.03. The number of amides is 2. The van der Waals surface area contributed by atoms with Crippen molar-refractivity contribution in [1.82, 2.24) is 20.4 Å². The fourth-order valence-corrected chi connectivity index (χ4v) is 3.37. The minimum absolute atomic E-state index is 0.0547. The number of amidine groups is 1. The summed E-state index contributed by atoms with van der Waals surface area (Å²) in [7, 11) is 1.59. The lowest BCUT2D eigenvalue weighted by Crippen LogP contribution is -2.49. The Bertz CT molecular complexity index is 1070. The molecule has 2 aliphatic heterocycles. The second-order valence-electron chi connectivity index (χ2n) is 7.27. The van der Waals surface area contributed by atoms with Crippen LogP contribution in [0.15, 0.2) is 58.2 Å². The first kappa shape index (κ1) is 19.6. The van der Waals surface area contributed by atoms with Gasteiger partial charge in [-0.2, -0.15) is 9.98 Å². The fraction of sp³-hybridized carbons (Fsp3) is 0.286. The molecule has 1 aromatic carbocycles. The molecule has 0 fully saturated rings. The van der Waals surface area contributed by atoms with E-state index >= 15 is 0 Å². The Kier molecular flexibility index (Phi) is 4.94. The van der Waals surface area contributed by atoms with E-state index in [2.05, 4.69) is 20.4 Å².